The average Bonchev–Trinajstić information content (AvgIpc) is 2.94. The number of benzene rings is 1. The number of amides is 1. The number of aliphatic hydroxyl groups excluding tert-OH is 1. The van der Waals surface area contributed by atoms with Crippen molar-refractivity contribution in [3.05, 3.63) is 51.1 Å². The number of rotatable bonds is 7. The van der Waals surface area contributed by atoms with Crippen molar-refractivity contribution in [1.82, 2.24) is 19.4 Å². The Hall–Kier alpha value is -2.06. The van der Waals surface area contributed by atoms with Gasteiger partial charge in [-0.05, 0) is 35.9 Å². The molecular formula is C18H18Cl3N5O2. The van der Waals surface area contributed by atoms with Crippen molar-refractivity contribution in [2.24, 2.45) is 7.05 Å². The predicted octanol–water partition coefficient (Wildman–Crippen LogP) is 3.36. The van der Waals surface area contributed by atoms with Crippen LogP contribution < -0.4 is 5.32 Å². The Kier molecular flexibility index (Phi) is 6.61. The number of imidazole rings is 1. The topological polar surface area (TPSA) is 83.3 Å². The largest absolute Gasteiger partial charge is 0.387 e. The van der Waals surface area contributed by atoms with Crippen LogP contribution in [0.4, 0.5) is 5.95 Å². The maximum atomic E-state index is 12.1. The highest BCUT2D eigenvalue weighted by Gasteiger charge is 2.15. The van der Waals surface area contributed by atoms with E-state index in [0.717, 1.165) is 11.1 Å². The number of hydrogen-bond donors (Lipinski definition) is 2. The summed E-state index contributed by atoms with van der Waals surface area (Å²) in [6, 6.07) is 8.64. The Morgan fingerprint density at radius 2 is 1.89 bits per heavy atom. The van der Waals surface area contributed by atoms with Gasteiger partial charge in [-0.2, -0.15) is 4.98 Å². The second-order valence-electron chi connectivity index (χ2n) is 6.15. The van der Waals surface area contributed by atoms with Crippen molar-refractivity contribution in [1.29, 1.82) is 0 Å². The number of hydrogen-bond acceptors (Lipinski definition) is 5. The van der Waals surface area contributed by atoms with Crippen LogP contribution in [0.5, 0.6) is 0 Å². The van der Waals surface area contributed by atoms with Gasteiger partial charge in [0.15, 0.2) is 5.65 Å². The summed E-state index contributed by atoms with van der Waals surface area (Å²) in [4.78, 5) is 22.2. The lowest BCUT2D eigenvalue weighted by Gasteiger charge is -2.22. The van der Waals surface area contributed by atoms with Crippen LogP contribution in [0.3, 0.4) is 0 Å². The monoisotopic (exact) mass is 441 g/mol. The minimum Gasteiger partial charge on any atom is -0.387 e. The Morgan fingerprint density at radius 3 is 2.57 bits per heavy atom. The van der Waals surface area contributed by atoms with Crippen molar-refractivity contribution in [3.8, 4) is 0 Å². The molecule has 7 nitrogen and oxygen atoms in total. The molecule has 0 atom stereocenters. The number of pyridine rings is 1. The van der Waals surface area contributed by atoms with Crippen LogP contribution in [0.25, 0.3) is 11.2 Å². The van der Waals surface area contributed by atoms with Crippen molar-refractivity contribution < 1.29 is 9.90 Å². The lowest BCUT2D eigenvalue weighted by Crippen LogP contribution is -2.36. The third-order valence-corrected chi connectivity index (χ3v) is 4.81. The molecular weight excluding hydrogens is 425 g/mol. The third kappa shape index (κ3) is 4.86. The molecule has 2 heterocycles. The fourth-order valence-electron chi connectivity index (χ4n) is 2.83. The highest BCUT2D eigenvalue weighted by atomic mass is 35.5. The number of carbonyl (C=O) groups is 1. The molecule has 0 unspecified atom stereocenters. The number of aryl methyl sites for hydroxylation is 1. The summed E-state index contributed by atoms with van der Waals surface area (Å²) in [6.07, 6.45) is 0. The normalized spacial score (nSPS) is 11.0. The van der Waals surface area contributed by atoms with E-state index < -0.39 is 12.5 Å². The van der Waals surface area contributed by atoms with Gasteiger partial charge in [-0.3, -0.25) is 4.79 Å². The second kappa shape index (κ2) is 8.96. The lowest BCUT2D eigenvalue weighted by molar-refractivity contribution is -0.134. The molecule has 0 radical (unpaired) electrons. The Morgan fingerprint density at radius 1 is 1.18 bits per heavy atom. The van der Waals surface area contributed by atoms with Gasteiger partial charge in [0, 0.05) is 36.7 Å². The predicted molar refractivity (Wildman–Crippen MR) is 111 cm³/mol. The van der Waals surface area contributed by atoms with Gasteiger partial charge < -0.3 is 19.9 Å². The van der Waals surface area contributed by atoms with E-state index in [-0.39, 0.29) is 6.54 Å². The molecule has 3 aromatic rings. The number of anilines is 1. The van der Waals surface area contributed by atoms with Crippen LogP contribution in [0.15, 0.2) is 30.3 Å². The zero-order valence-corrected chi connectivity index (χ0v) is 17.3. The van der Waals surface area contributed by atoms with Crippen LogP contribution in [0, 0.1) is 0 Å². The maximum absolute atomic E-state index is 12.1. The van der Waals surface area contributed by atoms with Crippen molar-refractivity contribution in [3.63, 3.8) is 0 Å². The lowest BCUT2D eigenvalue weighted by atomic mass is 10.2. The van der Waals surface area contributed by atoms with E-state index in [1.165, 1.54) is 4.90 Å². The van der Waals surface area contributed by atoms with Gasteiger partial charge in [-0.25, -0.2) is 4.98 Å². The maximum Gasteiger partial charge on any atom is 0.248 e. The van der Waals surface area contributed by atoms with Crippen molar-refractivity contribution in [2.75, 3.05) is 25.0 Å². The van der Waals surface area contributed by atoms with Gasteiger partial charge in [-0.15, -0.1) is 0 Å². The molecule has 0 saturated carbocycles. The molecule has 1 amide bonds. The van der Waals surface area contributed by atoms with E-state index >= 15 is 0 Å². The molecule has 2 aromatic heterocycles. The summed E-state index contributed by atoms with van der Waals surface area (Å²) in [7, 11) is 1.86. The van der Waals surface area contributed by atoms with E-state index in [1.807, 2.05) is 17.7 Å². The Bertz CT molecular complexity index is 988. The summed E-state index contributed by atoms with van der Waals surface area (Å²) < 4.78 is 1.85. The van der Waals surface area contributed by atoms with Crippen LogP contribution >= 0.6 is 34.8 Å². The third-order valence-electron chi connectivity index (χ3n) is 4.16. The first-order valence-electron chi connectivity index (χ1n) is 8.44. The van der Waals surface area contributed by atoms with Crippen molar-refractivity contribution >= 4 is 57.8 Å². The molecule has 2 N–H and O–H groups in total. The highest BCUT2D eigenvalue weighted by Crippen LogP contribution is 2.21. The first-order chi connectivity index (χ1) is 13.4. The molecule has 1 aromatic carbocycles. The molecule has 0 aliphatic rings. The van der Waals surface area contributed by atoms with Crippen LogP contribution in [0.2, 0.25) is 15.2 Å². The minimum atomic E-state index is -0.580. The number of nitrogens with one attached hydrogen (secondary N) is 1. The fourth-order valence-corrected chi connectivity index (χ4v) is 3.54. The number of aliphatic hydroxyl groups is 1. The van der Waals surface area contributed by atoms with E-state index in [9.17, 15) is 9.90 Å². The van der Waals surface area contributed by atoms with Gasteiger partial charge in [0.05, 0.1) is 5.52 Å². The zero-order valence-electron chi connectivity index (χ0n) is 15.0. The summed E-state index contributed by atoms with van der Waals surface area (Å²) in [5.74, 6) is 0.211. The van der Waals surface area contributed by atoms with Crippen molar-refractivity contribution in [2.45, 2.75) is 6.54 Å². The summed E-state index contributed by atoms with van der Waals surface area (Å²) >= 11 is 18.0. The van der Waals surface area contributed by atoms with Gasteiger partial charge in [0.2, 0.25) is 11.9 Å². The number of carbonyl (C=O) groups excluding carboxylic acids is 1. The molecule has 0 aliphatic carbocycles. The second-order valence-corrected chi connectivity index (χ2v) is 7.41. The first kappa shape index (κ1) is 20.7. The number of fused-ring (bicyclic) bond motifs is 1. The van der Waals surface area contributed by atoms with Crippen LogP contribution in [-0.2, 0) is 18.4 Å². The quantitative estimate of drug-likeness (QED) is 0.548. The fraction of sp³-hybridized carbons (Fsp3) is 0.278. The molecule has 0 aliphatic heterocycles. The highest BCUT2D eigenvalue weighted by molar-refractivity contribution is 6.34. The van der Waals surface area contributed by atoms with Crippen LogP contribution in [0.1, 0.15) is 5.56 Å². The molecule has 10 heteroatoms. The molecule has 0 fully saturated rings. The van der Waals surface area contributed by atoms with Gasteiger partial charge in [0.25, 0.3) is 0 Å². The molecule has 148 valence electrons. The summed E-state index contributed by atoms with van der Waals surface area (Å²) in [5.41, 5.74) is 2.15. The molecule has 28 heavy (non-hydrogen) atoms. The number of halogens is 3. The number of nitrogens with zero attached hydrogens (tertiary/aromatic N) is 4. The summed E-state index contributed by atoms with van der Waals surface area (Å²) in [6.45, 7) is 0.468. The van der Waals surface area contributed by atoms with E-state index in [0.29, 0.717) is 39.9 Å². The molecule has 0 saturated heterocycles. The SMILES string of the molecule is Cn1c(NCCN(Cc2cc(Cl)cc(Cl)c2)C(=O)CO)nc2nc(Cl)ccc21. The molecule has 0 bridgehead atoms. The standard InChI is InChI=1S/C18H18Cl3N5O2/c1-25-14-2-3-15(21)23-17(14)24-18(25)22-4-5-26(16(28)10-27)9-11-6-12(19)8-13(20)7-11/h2-3,6-8,27H,4-5,9-10H2,1H3,(H,22,23,24). The zero-order chi connectivity index (χ0) is 20.3. The smallest absolute Gasteiger partial charge is 0.248 e. The molecule has 0 spiro atoms. The van der Waals surface area contributed by atoms with E-state index in [2.05, 4.69) is 15.3 Å². The minimum absolute atomic E-state index is 0.279. The first-order valence-corrected chi connectivity index (χ1v) is 9.57. The van der Waals surface area contributed by atoms with Gasteiger partial charge in [-0.1, -0.05) is 34.8 Å². The van der Waals surface area contributed by atoms with E-state index in [1.54, 1.807) is 24.3 Å². The molecule has 3 rings (SSSR count). The number of aromatic nitrogens is 3. The van der Waals surface area contributed by atoms with Gasteiger partial charge in [0.1, 0.15) is 11.8 Å². The Labute approximate surface area is 176 Å². The van der Waals surface area contributed by atoms with E-state index in [4.69, 9.17) is 34.8 Å². The average molecular weight is 443 g/mol. The Balaban J connectivity index is 1.69. The summed E-state index contributed by atoms with van der Waals surface area (Å²) in [5, 5.41) is 13.8. The van der Waals surface area contributed by atoms with Gasteiger partial charge >= 0.3 is 0 Å². The van der Waals surface area contributed by atoms with Crippen LogP contribution in [-0.4, -0.2) is 50.1 Å².